The highest BCUT2D eigenvalue weighted by molar-refractivity contribution is 7.18. The number of hydrogen-bond donors (Lipinski definition) is 4. The molecule has 0 saturated heterocycles. The Bertz CT molecular complexity index is 643. The minimum absolute atomic E-state index is 1.01. The minimum Gasteiger partial charge on any atom is -0.286 e. The summed E-state index contributed by atoms with van der Waals surface area (Å²) in [7, 11) is -2.56. The number of rotatable bonds is 4. The fourth-order valence-electron chi connectivity index (χ4n) is 2.73. The number of nitrogens with one attached hydrogen (secondary N) is 4. The van der Waals surface area contributed by atoms with Crippen molar-refractivity contribution in [3.63, 3.8) is 0 Å². The molecule has 4 aromatic heterocycles. The van der Waals surface area contributed by atoms with Gasteiger partial charge in [-0.2, -0.15) is 20.4 Å². The van der Waals surface area contributed by atoms with Crippen LogP contribution in [0.15, 0.2) is 49.1 Å². The Kier molecular flexibility index (Phi) is 2.57. The van der Waals surface area contributed by atoms with Crippen molar-refractivity contribution in [2.75, 3.05) is 0 Å². The van der Waals surface area contributed by atoms with E-state index in [2.05, 4.69) is 40.8 Å². The molecule has 104 valence electrons. The maximum Gasteiger partial charge on any atom is 0.260 e. The molecule has 21 heavy (non-hydrogen) atoms. The summed E-state index contributed by atoms with van der Waals surface area (Å²) >= 11 is 0. The Morgan fingerprint density at radius 2 is 0.810 bits per heavy atom. The molecule has 0 saturated carbocycles. The summed E-state index contributed by atoms with van der Waals surface area (Å²) in [5.74, 6) is 0. The van der Waals surface area contributed by atoms with Crippen LogP contribution in [0.2, 0.25) is 0 Å². The number of aromatic amines is 4. The molecular weight excluding hydrogens is 284 g/mol. The van der Waals surface area contributed by atoms with Crippen molar-refractivity contribution in [3.8, 4) is 0 Å². The minimum atomic E-state index is -2.56. The molecule has 0 aliphatic carbocycles. The summed E-state index contributed by atoms with van der Waals surface area (Å²) in [6.45, 7) is 0. The van der Waals surface area contributed by atoms with Crippen LogP contribution in [0, 0.1) is 0 Å². The van der Waals surface area contributed by atoms with Gasteiger partial charge in [0.25, 0.3) is 8.07 Å². The van der Waals surface area contributed by atoms with Crippen molar-refractivity contribution in [2.24, 2.45) is 0 Å². The van der Waals surface area contributed by atoms with Gasteiger partial charge in [-0.15, -0.1) is 0 Å². The van der Waals surface area contributed by atoms with E-state index in [9.17, 15) is 0 Å². The second-order valence-corrected chi connectivity index (χ2v) is 8.29. The van der Waals surface area contributed by atoms with Gasteiger partial charge in [-0.1, -0.05) is 0 Å². The first-order valence-corrected chi connectivity index (χ1v) is 8.42. The lowest BCUT2D eigenvalue weighted by molar-refractivity contribution is 1.08. The van der Waals surface area contributed by atoms with Gasteiger partial charge >= 0.3 is 0 Å². The van der Waals surface area contributed by atoms with E-state index in [0.29, 0.717) is 0 Å². The predicted octanol–water partition coefficient (Wildman–Crippen LogP) is -2.04. The Balaban J connectivity index is 2.10. The molecule has 0 bridgehead atoms. The van der Waals surface area contributed by atoms with E-state index in [1.54, 1.807) is 24.8 Å². The van der Waals surface area contributed by atoms with Gasteiger partial charge in [-0.05, 0) is 24.3 Å². The summed E-state index contributed by atoms with van der Waals surface area (Å²) in [5.41, 5.74) is 0. The van der Waals surface area contributed by atoms with Crippen LogP contribution < -0.4 is 21.3 Å². The maximum atomic E-state index is 4.12. The molecule has 9 heteroatoms. The molecule has 8 nitrogen and oxygen atoms in total. The van der Waals surface area contributed by atoms with Crippen molar-refractivity contribution in [2.45, 2.75) is 0 Å². The Morgan fingerprint density at radius 3 is 1.00 bits per heavy atom. The molecule has 4 rings (SSSR count). The molecule has 4 aromatic rings. The number of hydrogen-bond acceptors (Lipinski definition) is 4. The third kappa shape index (κ3) is 1.61. The average molecular weight is 296 g/mol. The van der Waals surface area contributed by atoms with Crippen LogP contribution in [0.4, 0.5) is 0 Å². The zero-order valence-electron chi connectivity index (χ0n) is 10.9. The predicted molar refractivity (Wildman–Crippen MR) is 78.6 cm³/mol. The smallest absolute Gasteiger partial charge is 0.260 e. The van der Waals surface area contributed by atoms with Crippen LogP contribution in [0.1, 0.15) is 0 Å². The van der Waals surface area contributed by atoms with Crippen LogP contribution in [0.5, 0.6) is 0 Å². The van der Waals surface area contributed by atoms with Gasteiger partial charge in [-0.25, -0.2) is 0 Å². The fourth-order valence-corrected chi connectivity index (χ4v) is 6.70. The van der Waals surface area contributed by atoms with Crippen molar-refractivity contribution < 1.29 is 0 Å². The second kappa shape index (κ2) is 4.56. The standard InChI is InChI=1S/C12H12N8Si/c1-5-13-17-9(1)21(10-2-6-14-18-10,11-3-7-15-19-11)12-4-8-16-20-12/h1-8H,(H,13,17)(H,14,18)(H,15,19)(H,16,20). The molecule has 0 spiro atoms. The third-order valence-corrected chi connectivity index (χ3v) is 7.96. The Hall–Kier alpha value is -2.94. The van der Waals surface area contributed by atoms with Crippen LogP contribution >= 0.6 is 0 Å². The quantitative estimate of drug-likeness (QED) is 0.325. The van der Waals surface area contributed by atoms with Crippen molar-refractivity contribution >= 4 is 29.3 Å². The van der Waals surface area contributed by atoms with Gasteiger partial charge in [0.2, 0.25) is 0 Å². The van der Waals surface area contributed by atoms with E-state index >= 15 is 0 Å². The summed E-state index contributed by atoms with van der Waals surface area (Å²) in [4.78, 5) is 0. The van der Waals surface area contributed by atoms with E-state index in [0.717, 1.165) is 21.3 Å². The number of nitrogens with zero attached hydrogens (tertiary/aromatic N) is 4. The SMILES string of the molecule is c1cc([Si](c2ccn[nH]2)(c2ccn[nH]2)c2ccn[nH]2)[nH]n1. The Labute approximate surface area is 120 Å². The molecule has 0 aliphatic rings. The lowest BCUT2D eigenvalue weighted by Gasteiger charge is -2.26. The highest BCUT2D eigenvalue weighted by Gasteiger charge is 2.47. The van der Waals surface area contributed by atoms with Crippen LogP contribution in [0.25, 0.3) is 0 Å². The van der Waals surface area contributed by atoms with E-state index in [-0.39, 0.29) is 0 Å². The van der Waals surface area contributed by atoms with Gasteiger partial charge in [0.05, 0.1) is 0 Å². The summed E-state index contributed by atoms with van der Waals surface area (Å²) in [5, 5.41) is 33.0. The molecule has 0 radical (unpaired) electrons. The van der Waals surface area contributed by atoms with Crippen LogP contribution in [-0.2, 0) is 0 Å². The molecule has 0 amide bonds. The maximum absolute atomic E-state index is 4.12. The van der Waals surface area contributed by atoms with Crippen LogP contribution in [0.3, 0.4) is 0 Å². The van der Waals surface area contributed by atoms with E-state index in [1.165, 1.54) is 0 Å². The molecule has 0 unspecified atom stereocenters. The second-order valence-electron chi connectivity index (χ2n) is 4.63. The lowest BCUT2D eigenvalue weighted by Crippen LogP contribution is -2.76. The zero-order valence-corrected chi connectivity index (χ0v) is 11.9. The third-order valence-electron chi connectivity index (χ3n) is 3.62. The monoisotopic (exact) mass is 296 g/mol. The van der Waals surface area contributed by atoms with Gasteiger partial charge in [0.1, 0.15) is 0 Å². The molecular formula is C12H12N8Si. The summed E-state index contributed by atoms with van der Waals surface area (Å²) in [6, 6.07) is 7.92. The number of aromatic nitrogens is 8. The Morgan fingerprint density at radius 1 is 0.524 bits per heavy atom. The molecule has 4 heterocycles. The van der Waals surface area contributed by atoms with Crippen molar-refractivity contribution in [1.82, 2.24) is 40.8 Å². The molecule has 0 atom stereocenters. The molecule has 0 aliphatic heterocycles. The van der Waals surface area contributed by atoms with Crippen molar-refractivity contribution in [1.29, 1.82) is 0 Å². The summed E-state index contributed by atoms with van der Waals surface area (Å²) < 4.78 is 0. The first-order valence-electron chi connectivity index (χ1n) is 6.42. The van der Waals surface area contributed by atoms with E-state index < -0.39 is 8.07 Å². The van der Waals surface area contributed by atoms with Gasteiger partial charge in [0.15, 0.2) is 0 Å². The molecule has 4 N–H and O–H groups in total. The molecule has 0 fully saturated rings. The average Bonchev–Trinajstić information content (AvgIpc) is 3.32. The first-order chi connectivity index (χ1) is 10.4. The topological polar surface area (TPSA) is 115 Å². The largest absolute Gasteiger partial charge is 0.286 e. The normalized spacial score (nSPS) is 11.8. The molecule has 0 aromatic carbocycles. The van der Waals surface area contributed by atoms with E-state index in [4.69, 9.17) is 0 Å². The zero-order chi connectivity index (χ0) is 14.1. The van der Waals surface area contributed by atoms with Crippen molar-refractivity contribution in [3.05, 3.63) is 49.1 Å². The summed E-state index contributed by atoms with van der Waals surface area (Å²) in [6.07, 6.45) is 7.00. The van der Waals surface area contributed by atoms with E-state index in [1.807, 2.05) is 24.3 Å². The van der Waals surface area contributed by atoms with Gasteiger partial charge < -0.3 is 0 Å². The van der Waals surface area contributed by atoms with Gasteiger partial charge in [-0.3, -0.25) is 20.4 Å². The highest BCUT2D eigenvalue weighted by Crippen LogP contribution is 2.02. The van der Waals surface area contributed by atoms with Gasteiger partial charge in [0, 0.05) is 46.1 Å². The fraction of sp³-hybridized carbons (Fsp3) is 0. The lowest BCUT2D eigenvalue weighted by atomic mass is 10.7. The first kappa shape index (κ1) is 11.8. The number of H-pyrrole nitrogens is 4. The highest BCUT2D eigenvalue weighted by atomic mass is 28.3. The van der Waals surface area contributed by atoms with Crippen LogP contribution in [-0.4, -0.2) is 48.9 Å².